The first-order valence-corrected chi connectivity index (χ1v) is 10.3. The molecule has 0 aromatic carbocycles. The second kappa shape index (κ2) is 4.85. The van der Waals surface area contributed by atoms with Gasteiger partial charge in [0.25, 0.3) is 5.92 Å². The molecule has 0 aliphatic heterocycles. The van der Waals surface area contributed by atoms with Crippen molar-refractivity contribution in [2.24, 2.45) is 46.8 Å². The van der Waals surface area contributed by atoms with Crippen molar-refractivity contribution in [2.75, 3.05) is 0 Å². The average molecular weight is 352 g/mol. The van der Waals surface area contributed by atoms with Gasteiger partial charge in [-0.2, -0.15) is 0 Å². The van der Waals surface area contributed by atoms with E-state index >= 15 is 0 Å². The Labute approximate surface area is 148 Å². The largest absolute Gasteiger partial charge is 0.383 e. The third-order valence-electron chi connectivity index (χ3n) is 9.60. The molecule has 2 nitrogen and oxygen atoms in total. The van der Waals surface area contributed by atoms with E-state index in [2.05, 4.69) is 6.92 Å². The highest BCUT2D eigenvalue weighted by Gasteiger charge is 2.84. The summed E-state index contributed by atoms with van der Waals surface area (Å²) >= 11 is 0. The van der Waals surface area contributed by atoms with Gasteiger partial charge in [0, 0.05) is 5.92 Å². The van der Waals surface area contributed by atoms with E-state index in [-0.39, 0.29) is 23.7 Å². The molecule has 5 rings (SSSR count). The molecule has 0 saturated heterocycles. The standard InChI is InChI=1S/C21H30F2O2/c1-11(24)16-5-6-17-14-3-4-15-13(12(14)7-9-19(16,17)2)8-10-20(25)18(15)21(20,22)23/h12-18,25H,3-10H2,1-2H3/t12-,13-,14-,15-,16-,17+,18?,19-,20-/m1/s1. The van der Waals surface area contributed by atoms with Crippen molar-refractivity contribution in [1.82, 2.24) is 0 Å². The summed E-state index contributed by atoms with van der Waals surface area (Å²) in [5.74, 6) is -0.926. The van der Waals surface area contributed by atoms with Crippen LogP contribution in [0, 0.1) is 46.8 Å². The molecular weight excluding hydrogens is 322 g/mol. The quantitative estimate of drug-likeness (QED) is 0.757. The first-order valence-electron chi connectivity index (χ1n) is 10.3. The van der Waals surface area contributed by atoms with Crippen LogP contribution in [0.5, 0.6) is 0 Å². The van der Waals surface area contributed by atoms with Gasteiger partial charge in [-0.3, -0.25) is 4.79 Å². The van der Waals surface area contributed by atoms with Crippen LogP contribution >= 0.6 is 0 Å². The Bertz CT molecular complexity index is 619. The van der Waals surface area contributed by atoms with Crippen LogP contribution in [0.25, 0.3) is 0 Å². The predicted octanol–water partition coefficient (Wildman–Crippen LogP) is 4.45. The highest BCUT2D eigenvalue weighted by atomic mass is 19.3. The molecule has 1 unspecified atom stereocenters. The maximum atomic E-state index is 14.2. The van der Waals surface area contributed by atoms with Crippen LogP contribution in [-0.4, -0.2) is 22.4 Å². The van der Waals surface area contributed by atoms with E-state index in [0.717, 1.165) is 44.9 Å². The molecule has 25 heavy (non-hydrogen) atoms. The smallest absolute Gasteiger partial charge is 0.282 e. The third kappa shape index (κ3) is 1.85. The van der Waals surface area contributed by atoms with Gasteiger partial charge in [0.05, 0.1) is 5.92 Å². The van der Waals surface area contributed by atoms with Crippen LogP contribution in [0.3, 0.4) is 0 Å². The van der Waals surface area contributed by atoms with Crippen molar-refractivity contribution in [2.45, 2.75) is 76.7 Å². The van der Waals surface area contributed by atoms with Crippen molar-refractivity contribution < 1.29 is 18.7 Å². The van der Waals surface area contributed by atoms with E-state index < -0.39 is 17.4 Å². The lowest BCUT2D eigenvalue weighted by Gasteiger charge is -2.55. The fraction of sp³-hybridized carbons (Fsp3) is 0.952. The van der Waals surface area contributed by atoms with Crippen LogP contribution < -0.4 is 0 Å². The predicted molar refractivity (Wildman–Crippen MR) is 90.1 cm³/mol. The molecule has 9 atom stereocenters. The van der Waals surface area contributed by atoms with Gasteiger partial charge in [-0.1, -0.05) is 6.92 Å². The second-order valence-electron chi connectivity index (χ2n) is 10.2. The van der Waals surface area contributed by atoms with Crippen molar-refractivity contribution in [3.05, 3.63) is 0 Å². The van der Waals surface area contributed by atoms with E-state index in [0.29, 0.717) is 29.5 Å². The maximum absolute atomic E-state index is 14.2. The van der Waals surface area contributed by atoms with Gasteiger partial charge in [-0.05, 0) is 93.3 Å². The van der Waals surface area contributed by atoms with Crippen molar-refractivity contribution in [3.63, 3.8) is 0 Å². The summed E-state index contributed by atoms with van der Waals surface area (Å²) < 4.78 is 28.4. The Morgan fingerprint density at radius 3 is 2.28 bits per heavy atom. The van der Waals surface area contributed by atoms with Crippen molar-refractivity contribution in [1.29, 1.82) is 0 Å². The van der Waals surface area contributed by atoms with Crippen LogP contribution in [0.1, 0.15) is 65.2 Å². The summed E-state index contributed by atoms with van der Waals surface area (Å²) in [5, 5.41) is 10.3. The molecule has 0 aromatic rings. The van der Waals surface area contributed by atoms with Crippen LogP contribution in [0.2, 0.25) is 0 Å². The number of carbonyl (C=O) groups is 1. The Morgan fingerprint density at radius 2 is 1.56 bits per heavy atom. The lowest BCUT2D eigenvalue weighted by Crippen LogP contribution is -2.50. The lowest BCUT2D eigenvalue weighted by atomic mass is 9.49. The Balaban J connectivity index is 1.41. The second-order valence-corrected chi connectivity index (χ2v) is 10.2. The number of fused-ring (bicyclic) bond motifs is 7. The SMILES string of the molecule is CC(=O)[C@H]1CC[C@H]2[C@@H]3CC[C@H]4C5C(F)(F)[C@@]5(O)CC[C@@H]4[C@H]3CC[C@]12C. The summed E-state index contributed by atoms with van der Waals surface area (Å²) in [6.07, 6.45) is 7.28. The van der Waals surface area contributed by atoms with Gasteiger partial charge >= 0.3 is 0 Å². The molecule has 0 radical (unpaired) electrons. The molecule has 0 heterocycles. The number of carbonyl (C=O) groups excluding carboxylic acids is 1. The third-order valence-corrected chi connectivity index (χ3v) is 9.60. The van der Waals surface area contributed by atoms with Gasteiger partial charge < -0.3 is 5.11 Å². The molecule has 1 N–H and O–H groups in total. The lowest BCUT2D eigenvalue weighted by molar-refractivity contribution is -0.128. The zero-order chi connectivity index (χ0) is 17.8. The first-order chi connectivity index (χ1) is 11.7. The van der Waals surface area contributed by atoms with Gasteiger partial charge in [0.2, 0.25) is 0 Å². The number of rotatable bonds is 1. The van der Waals surface area contributed by atoms with E-state index in [1.807, 2.05) is 0 Å². The van der Waals surface area contributed by atoms with E-state index in [1.54, 1.807) is 6.92 Å². The fourth-order valence-corrected chi connectivity index (χ4v) is 8.49. The summed E-state index contributed by atoms with van der Waals surface area (Å²) in [7, 11) is 0. The molecule has 0 amide bonds. The molecule has 5 aliphatic rings. The van der Waals surface area contributed by atoms with E-state index in [1.165, 1.54) is 0 Å². The summed E-state index contributed by atoms with van der Waals surface area (Å²) in [6.45, 7) is 4.08. The zero-order valence-electron chi connectivity index (χ0n) is 15.3. The normalized spacial score (nSPS) is 58.5. The minimum Gasteiger partial charge on any atom is -0.383 e. The minimum absolute atomic E-state index is 0.0179. The van der Waals surface area contributed by atoms with E-state index in [9.17, 15) is 18.7 Å². The van der Waals surface area contributed by atoms with Crippen LogP contribution in [0.15, 0.2) is 0 Å². The number of halogens is 2. The molecule has 0 bridgehead atoms. The molecular formula is C21H30F2O2. The number of aliphatic hydroxyl groups is 1. The molecule has 0 aromatic heterocycles. The summed E-state index contributed by atoms with van der Waals surface area (Å²) in [4.78, 5) is 12.1. The van der Waals surface area contributed by atoms with Gasteiger partial charge in [0.1, 0.15) is 11.4 Å². The Morgan fingerprint density at radius 1 is 0.920 bits per heavy atom. The first kappa shape index (κ1) is 16.6. The molecule has 5 fully saturated rings. The molecule has 0 spiro atoms. The van der Waals surface area contributed by atoms with Crippen LogP contribution in [0.4, 0.5) is 8.78 Å². The fourth-order valence-electron chi connectivity index (χ4n) is 8.49. The number of hydrogen-bond donors (Lipinski definition) is 1. The average Bonchev–Trinajstić information content (AvgIpc) is 2.85. The monoisotopic (exact) mass is 352 g/mol. The van der Waals surface area contributed by atoms with Crippen LogP contribution in [-0.2, 0) is 4.79 Å². The van der Waals surface area contributed by atoms with Crippen molar-refractivity contribution in [3.8, 4) is 0 Å². The summed E-state index contributed by atoms with van der Waals surface area (Å²) in [6, 6.07) is 0. The molecule has 5 saturated carbocycles. The van der Waals surface area contributed by atoms with Gasteiger partial charge in [-0.15, -0.1) is 0 Å². The van der Waals surface area contributed by atoms with Crippen molar-refractivity contribution >= 4 is 5.78 Å². The number of Topliss-reactive ketones (excluding diaryl/α,β-unsaturated/α-hetero) is 1. The Kier molecular flexibility index (Phi) is 3.23. The van der Waals surface area contributed by atoms with Gasteiger partial charge in [-0.25, -0.2) is 8.78 Å². The Hall–Kier alpha value is -0.510. The molecule has 140 valence electrons. The summed E-state index contributed by atoms with van der Waals surface area (Å²) in [5.41, 5.74) is -1.55. The number of ketones is 1. The number of hydrogen-bond acceptors (Lipinski definition) is 2. The van der Waals surface area contributed by atoms with Gasteiger partial charge in [0.15, 0.2) is 0 Å². The number of alkyl halides is 2. The maximum Gasteiger partial charge on any atom is 0.282 e. The molecule has 4 heteroatoms. The highest BCUT2D eigenvalue weighted by molar-refractivity contribution is 5.79. The molecule has 5 aliphatic carbocycles. The topological polar surface area (TPSA) is 37.3 Å². The minimum atomic E-state index is -2.85. The van der Waals surface area contributed by atoms with E-state index in [4.69, 9.17) is 0 Å². The zero-order valence-corrected chi connectivity index (χ0v) is 15.3. The highest BCUT2D eigenvalue weighted by Crippen LogP contribution is 2.73.